The zero-order valence-corrected chi connectivity index (χ0v) is 9.45. The Morgan fingerprint density at radius 1 is 1.42 bits per heavy atom. The maximum Gasteiger partial charge on any atom is 0.0765 e. The van der Waals surface area contributed by atoms with Crippen LogP contribution in [0, 0.1) is 0 Å². The maximum absolute atomic E-state index is 5.60. The van der Waals surface area contributed by atoms with Gasteiger partial charge in [0.05, 0.1) is 28.6 Å². The van der Waals surface area contributed by atoms with Crippen LogP contribution in [0.15, 0.2) is 24.3 Å². The van der Waals surface area contributed by atoms with Crippen molar-refractivity contribution >= 4 is 28.6 Å². The monoisotopic (exact) mass is 276 g/mol. The number of hydrogen-bond acceptors (Lipinski definition) is 2. The minimum atomic E-state index is 0.557. The first-order valence-corrected chi connectivity index (χ1v) is 4.88. The van der Waals surface area contributed by atoms with Gasteiger partial charge in [0.15, 0.2) is 0 Å². The van der Waals surface area contributed by atoms with E-state index in [9.17, 15) is 0 Å². The van der Waals surface area contributed by atoms with Gasteiger partial charge >= 0.3 is 0 Å². The van der Waals surface area contributed by atoms with Gasteiger partial charge in [0.1, 0.15) is 0 Å². The zero-order valence-electron chi connectivity index (χ0n) is 7.29. The molecule has 0 aromatic heterocycles. The molecule has 2 N–H and O–H groups in total. The van der Waals surface area contributed by atoms with Gasteiger partial charge in [-0.2, -0.15) is 0 Å². The number of hydrogen-bond donors (Lipinski definition) is 1. The third-order valence-corrected chi connectivity index (χ3v) is 2.34. The van der Waals surface area contributed by atoms with Crippen molar-refractivity contribution in [1.82, 2.24) is 0 Å². The van der Waals surface area contributed by atoms with E-state index in [-0.39, 0.29) is 0 Å². The molecule has 0 unspecified atom stereocenters. The van der Waals surface area contributed by atoms with Crippen molar-refractivity contribution in [1.29, 1.82) is 0 Å². The van der Waals surface area contributed by atoms with Crippen molar-refractivity contribution in [3.8, 4) is 0 Å². The standard InChI is InChI=1S/C9H13IN2/c1-7(2)8-4-3-5-9(6-8)12(10)11/h3-7H,11H2,1-2H3. The molecule has 1 aromatic carbocycles. The van der Waals surface area contributed by atoms with Gasteiger partial charge in [-0.3, -0.25) is 3.22 Å². The zero-order chi connectivity index (χ0) is 9.14. The molecule has 0 saturated carbocycles. The molecule has 3 heteroatoms. The van der Waals surface area contributed by atoms with Crippen molar-refractivity contribution < 1.29 is 0 Å². The summed E-state index contributed by atoms with van der Waals surface area (Å²) in [5.41, 5.74) is 2.36. The molecule has 0 amide bonds. The van der Waals surface area contributed by atoms with Crippen LogP contribution >= 0.6 is 22.9 Å². The van der Waals surface area contributed by atoms with Crippen LogP contribution in [0.3, 0.4) is 0 Å². The van der Waals surface area contributed by atoms with Crippen LogP contribution in [-0.2, 0) is 0 Å². The minimum Gasteiger partial charge on any atom is -0.251 e. The fraction of sp³-hybridized carbons (Fsp3) is 0.333. The first-order valence-electron chi connectivity index (χ1n) is 3.92. The second kappa shape index (κ2) is 4.09. The van der Waals surface area contributed by atoms with Crippen LogP contribution in [0.25, 0.3) is 0 Å². The van der Waals surface area contributed by atoms with Crippen LogP contribution < -0.4 is 9.06 Å². The fourth-order valence-corrected chi connectivity index (χ4v) is 1.32. The summed E-state index contributed by atoms with van der Waals surface area (Å²) in [6, 6.07) is 8.26. The molecule has 66 valence electrons. The van der Waals surface area contributed by atoms with Crippen molar-refractivity contribution in [2.45, 2.75) is 19.8 Å². The van der Waals surface area contributed by atoms with Crippen LogP contribution in [0.4, 0.5) is 5.69 Å². The Hall–Kier alpha value is -0.290. The summed E-state index contributed by atoms with van der Waals surface area (Å²) in [6.45, 7) is 4.35. The maximum atomic E-state index is 5.60. The number of anilines is 1. The summed E-state index contributed by atoms with van der Waals surface area (Å²) in [6.07, 6.45) is 0. The minimum absolute atomic E-state index is 0.557. The van der Waals surface area contributed by atoms with Gasteiger partial charge < -0.3 is 0 Å². The second-order valence-electron chi connectivity index (χ2n) is 3.06. The lowest BCUT2D eigenvalue weighted by atomic mass is 10.0. The van der Waals surface area contributed by atoms with Gasteiger partial charge in [0, 0.05) is 0 Å². The smallest absolute Gasteiger partial charge is 0.0765 e. The average Bonchev–Trinajstić information content (AvgIpc) is 2.04. The first-order chi connectivity index (χ1) is 5.61. The molecule has 0 atom stereocenters. The summed E-state index contributed by atoms with van der Waals surface area (Å²) < 4.78 is 1.60. The SMILES string of the molecule is CC(C)c1cccc(N(N)I)c1. The van der Waals surface area contributed by atoms with Crippen molar-refractivity contribution in [3.63, 3.8) is 0 Å². The van der Waals surface area contributed by atoms with Crippen LogP contribution in [-0.4, -0.2) is 0 Å². The molecule has 0 fully saturated rings. The second-order valence-corrected chi connectivity index (χ2v) is 4.10. The highest BCUT2D eigenvalue weighted by Gasteiger charge is 2.01. The van der Waals surface area contributed by atoms with Gasteiger partial charge in [-0.15, -0.1) is 0 Å². The van der Waals surface area contributed by atoms with E-state index in [0.29, 0.717) is 5.92 Å². The summed E-state index contributed by atoms with van der Waals surface area (Å²) in [4.78, 5) is 0. The Morgan fingerprint density at radius 3 is 2.58 bits per heavy atom. The van der Waals surface area contributed by atoms with E-state index < -0.39 is 0 Å². The third-order valence-electron chi connectivity index (χ3n) is 1.78. The van der Waals surface area contributed by atoms with Crippen LogP contribution in [0.1, 0.15) is 25.3 Å². The molecule has 0 radical (unpaired) electrons. The normalized spacial score (nSPS) is 10.4. The molecule has 0 bridgehead atoms. The van der Waals surface area contributed by atoms with Crippen LogP contribution in [0.2, 0.25) is 0 Å². The van der Waals surface area contributed by atoms with E-state index in [2.05, 4.69) is 48.8 Å². The molecule has 0 heterocycles. The lowest BCUT2D eigenvalue weighted by Gasteiger charge is -2.12. The molecular formula is C9H13IN2. The predicted molar refractivity (Wildman–Crippen MR) is 61.2 cm³/mol. The Bertz CT molecular complexity index is 235. The highest BCUT2D eigenvalue weighted by Crippen LogP contribution is 2.21. The first kappa shape index (κ1) is 9.80. The van der Waals surface area contributed by atoms with E-state index in [1.807, 2.05) is 12.1 Å². The third kappa shape index (κ3) is 2.35. The number of rotatable bonds is 2. The van der Waals surface area contributed by atoms with E-state index in [0.717, 1.165) is 5.69 Å². The summed E-state index contributed by atoms with van der Waals surface area (Å²) in [5.74, 6) is 6.16. The highest BCUT2D eigenvalue weighted by atomic mass is 127. The Balaban J connectivity index is 2.96. The Morgan fingerprint density at radius 2 is 2.08 bits per heavy atom. The largest absolute Gasteiger partial charge is 0.251 e. The van der Waals surface area contributed by atoms with Gasteiger partial charge in [-0.05, 0) is 23.6 Å². The molecular weight excluding hydrogens is 263 g/mol. The molecule has 0 aliphatic carbocycles. The molecule has 0 spiro atoms. The Labute approximate surface area is 87.2 Å². The summed E-state index contributed by atoms with van der Waals surface area (Å²) >= 11 is 2.06. The fourth-order valence-electron chi connectivity index (χ4n) is 1.02. The van der Waals surface area contributed by atoms with Gasteiger partial charge in [-0.1, -0.05) is 26.0 Å². The van der Waals surface area contributed by atoms with Gasteiger partial charge in [0.25, 0.3) is 0 Å². The quantitative estimate of drug-likeness (QED) is 0.389. The molecule has 2 nitrogen and oxygen atoms in total. The molecule has 0 saturated heterocycles. The van der Waals surface area contributed by atoms with Crippen LogP contribution in [0.5, 0.6) is 0 Å². The number of nitrogens with two attached hydrogens (primary N) is 1. The van der Waals surface area contributed by atoms with E-state index in [1.165, 1.54) is 5.56 Å². The summed E-state index contributed by atoms with van der Waals surface area (Å²) in [5, 5.41) is 0. The summed E-state index contributed by atoms with van der Waals surface area (Å²) in [7, 11) is 0. The van der Waals surface area contributed by atoms with Crippen molar-refractivity contribution in [3.05, 3.63) is 29.8 Å². The number of hydrazine groups is 1. The molecule has 1 rings (SSSR count). The predicted octanol–water partition coefficient (Wildman–Crippen LogP) is 2.84. The van der Waals surface area contributed by atoms with E-state index >= 15 is 0 Å². The average molecular weight is 276 g/mol. The number of nitrogens with zero attached hydrogens (tertiary/aromatic N) is 1. The molecule has 1 aromatic rings. The molecule has 0 aliphatic rings. The topological polar surface area (TPSA) is 29.3 Å². The number of benzene rings is 1. The molecule has 0 aliphatic heterocycles. The van der Waals surface area contributed by atoms with Crippen molar-refractivity contribution in [2.75, 3.05) is 3.22 Å². The van der Waals surface area contributed by atoms with E-state index in [1.54, 1.807) is 3.22 Å². The highest BCUT2D eigenvalue weighted by molar-refractivity contribution is 14.1. The lowest BCUT2D eigenvalue weighted by molar-refractivity contribution is 0.866. The van der Waals surface area contributed by atoms with E-state index in [4.69, 9.17) is 5.84 Å². The lowest BCUT2D eigenvalue weighted by Crippen LogP contribution is -2.17. The van der Waals surface area contributed by atoms with Crippen molar-refractivity contribution in [2.24, 2.45) is 5.84 Å². The number of halogens is 1. The Kier molecular flexibility index (Phi) is 3.34. The van der Waals surface area contributed by atoms with Gasteiger partial charge in [-0.25, -0.2) is 5.84 Å². The van der Waals surface area contributed by atoms with Gasteiger partial charge in [0.2, 0.25) is 0 Å². The molecule has 12 heavy (non-hydrogen) atoms.